The highest BCUT2D eigenvalue weighted by Crippen LogP contribution is 2.25. The maximum atomic E-state index is 12.8. The van der Waals surface area contributed by atoms with E-state index in [-0.39, 0.29) is 27.4 Å². The highest BCUT2D eigenvalue weighted by molar-refractivity contribution is 7.89. The highest BCUT2D eigenvalue weighted by atomic mass is 35.5. The second kappa shape index (κ2) is 7.56. The molecule has 0 saturated carbocycles. The Balaban J connectivity index is 2.45. The fraction of sp³-hybridized carbons (Fsp3) is 0.278. The molecule has 0 spiro atoms. The molecular formula is C18H21ClN2O3S. The van der Waals surface area contributed by atoms with Crippen molar-refractivity contribution in [3.05, 3.63) is 59.1 Å². The van der Waals surface area contributed by atoms with Crippen molar-refractivity contribution in [2.45, 2.75) is 24.8 Å². The summed E-state index contributed by atoms with van der Waals surface area (Å²) in [5.41, 5.74) is 0.836. The largest absolute Gasteiger partial charge is 0.311 e. The zero-order chi connectivity index (χ0) is 18.8. The SMILES string of the molecule is CC(C)N(C)S(=O)(=O)c1ccc(Cl)c(C(=O)N(C)c2ccccc2)c1. The number of hydrogen-bond acceptors (Lipinski definition) is 3. The molecule has 0 unspecified atom stereocenters. The Morgan fingerprint density at radius 3 is 2.20 bits per heavy atom. The fourth-order valence-electron chi connectivity index (χ4n) is 2.22. The van der Waals surface area contributed by atoms with Gasteiger partial charge in [-0.25, -0.2) is 8.42 Å². The van der Waals surface area contributed by atoms with Crippen LogP contribution in [0, 0.1) is 0 Å². The number of benzene rings is 2. The number of hydrogen-bond donors (Lipinski definition) is 0. The van der Waals surface area contributed by atoms with Crippen LogP contribution in [0.25, 0.3) is 0 Å². The topological polar surface area (TPSA) is 57.7 Å². The fourth-order valence-corrected chi connectivity index (χ4v) is 3.81. The van der Waals surface area contributed by atoms with Gasteiger partial charge in [-0.2, -0.15) is 4.31 Å². The first kappa shape index (κ1) is 19.4. The summed E-state index contributed by atoms with van der Waals surface area (Å²) >= 11 is 6.16. The van der Waals surface area contributed by atoms with E-state index in [1.807, 2.05) is 18.2 Å². The number of para-hydroxylation sites is 1. The van der Waals surface area contributed by atoms with E-state index >= 15 is 0 Å². The lowest BCUT2D eigenvalue weighted by atomic mass is 10.2. The van der Waals surface area contributed by atoms with E-state index in [2.05, 4.69) is 0 Å². The summed E-state index contributed by atoms with van der Waals surface area (Å²) in [6.07, 6.45) is 0. The second-order valence-corrected chi connectivity index (χ2v) is 8.36. The van der Waals surface area contributed by atoms with E-state index in [1.54, 1.807) is 33.0 Å². The van der Waals surface area contributed by atoms with Gasteiger partial charge in [0.05, 0.1) is 15.5 Å². The molecule has 0 bridgehead atoms. The third-order valence-corrected chi connectivity index (χ3v) is 6.38. The minimum absolute atomic E-state index is 0.0397. The Morgan fingerprint density at radius 1 is 1.04 bits per heavy atom. The summed E-state index contributed by atoms with van der Waals surface area (Å²) in [4.78, 5) is 14.3. The predicted molar refractivity (Wildman–Crippen MR) is 101 cm³/mol. The van der Waals surface area contributed by atoms with Crippen LogP contribution in [-0.4, -0.2) is 38.8 Å². The van der Waals surface area contributed by atoms with Crippen molar-refractivity contribution in [3.63, 3.8) is 0 Å². The molecule has 0 heterocycles. The molecule has 0 fully saturated rings. The first-order chi connectivity index (χ1) is 11.7. The lowest BCUT2D eigenvalue weighted by molar-refractivity contribution is 0.0993. The Bertz CT molecular complexity index is 867. The van der Waals surface area contributed by atoms with Crippen molar-refractivity contribution in [2.75, 3.05) is 19.0 Å². The van der Waals surface area contributed by atoms with Crippen LogP contribution in [0.15, 0.2) is 53.4 Å². The molecule has 134 valence electrons. The smallest absolute Gasteiger partial charge is 0.259 e. The minimum atomic E-state index is -3.70. The van der Waals surface area contributed by atoms with Gasteiger partial charge in [-0.15, -0.1) is 0 Å². The molecule has 0 aromatic heterocycles. The van der Waals surface area contributed by atoms with E-state index in [0.717, 1.165) is 0 Å². The van der Waals surface area contributed by atoms with Crippen LogP contribution in [0.1, 0.15) is 24.2 Å². The van der Waals surface area contributed by atoms with Crippen molar-refractivity contribution in [1.29, 1.82) is 0 Å². The van der Waals surface area contributed by atoms with Crippen LogP contribution in [-0.2, 0) is 10.0 Å². The van der Waals surface area contributed by atoms with Crippen LogP contribution < -0.4 is 4.90 Å². The van der Waals surface area contributed by atoms with Gasteiger partial charge in [-0.05, 0) is 44.2 Å². The molecule has 2 aromatic rings. The molecule has 0 aliphatic rings. The van der Waals surface area contributed by atoms with Gasteiger partial charge in [0.2, 0.25) is 10.0 Å². The van der Waals surface area contributed by atoms with E-state index in [4.69, 9.17) is 11.6 Å². The maximum Gasteiger partial charge on any atom is 0.259 e. The quantitative estimate of drug-likeness (QED) is 0.795. The van der Waals surface area contributed by atoms with Crippen molar-refractivity contribution < 1.29 is 13.2 Å². The van der Waals surface area contributed by atoms with E-state index in [0.29, 0.717) is 5.69 Å². The Hall–Kier alpha value is -1.89. The number of amides is 1. The first-order valence-corrected chi connectivity index (χ1v) is 9.58. The van der Waals surface area contributed by atoms with Gasteiger partial charge in [-0.3, -0.25) is 4.79 Å². The minimum Gasteiger partial charge on any atom is -0.311 e. The molecule has 7 heteroatoms. The normalized spacial score (nSPS) is 11.8. The third-order valence-electron chi connectivity index (χ3n) is 4.02. The lowest BCUT2D eigenvalue weighted by Crippen LogP contribution is -2.33. The molecule has 0 N–H and O–H groups in total. The molecule has 0 atom stereocenters. The van der Waals surface area contributed by atoms with Gasteiger partial charge in [0, 0.05) is 25.8 Å². The van der Waals surface area contributed by atoms with Crippen molar-refractivity contribution in [2.24, 2.45) is 0 Å². The van der Waals surface area contributed by atoms with Crippen molar-refractivity contribution in [1.82, 2.24) is 4.31 Å². The number of nitrogens with zero attached hydrogens (tertiary/aromatic N) is 2. The molecule has 2 rings (SSSR count). The summed E-state index contributed by atoms with van der Waals surface area (Å²) in [6.45, 7) is 3.56. The summed E-state index contributed by atoms with van der Waals surface area (Å²) < 4.78 is 26.6. The molecule has 25 heavy (non-hydrogen) atoms. The van der Waals surface area contributed by atoms with E-state index < -0.39 is 10.0 Å². The van der Waals surface area contributed by atoms with Crippen LogP contribution in [0.3, 0.4) is 0 Å². The van der Waals surface area contributed by atoms with Gasteiger partial charge in [-0.1, -0.05) is 29.8 Å². The Morgan fingerprint density at radius 2 is 1.64 bits per heavy atom. The third kappa shape index (κ3) is 4.03. The van der Waals surface area contributed by atoms with Crippen molar-refractivity contribution in [3.8, 4) is 0 Å². The average Bonchev–Trinajstić information content (AvgIpc) is 2.60. The summed E-state index contributed by atoms with van der Waals surface area (Å²) in [6, 6.07) is 13.1. The van der Waals surface area contributed by atoms with Gasteiger partial charge < -0.3 is 4.90 Å². The number of anilines is 1. The van der Waals surface area contributed by atoms with Crippen molar-refractivity contribution >= 4 is 33.2 Å². The molecule has 0 aliphatic heterocycles. The van der Waals surface area contributed by atoms with Crippen LogP contribution in [0.5, 0.6) is 0 Å². The highest BCUT2D eigenvalue weighted by Gasteiger charge is 2.26. The Kier molecular flexibility index (Phi) is 5.87. The van der Waals surface area contributed by atoms with Crippen LogP contribution >= 0.6 is 11.6 Å². The Labute approximate surface area is 153 Å². The predicted octanol–water partition coefficient (Wildman–Crippen LogP) is 3.65. The van der Waals surface area contributed by atoms with Gasteiger partial charge in [0.1, 0.15) is 0 Å². The maximum absolute atomic E-state index is 12.8. The van der Waals surface area contributed by atoms with E-state index in [9.17, 15) is 13.2 Å². The zero-order valence-corrected chi connectivity index (χ0v) is 16.2. The number of carbonyl (C=O) groups is 1. The standard InChI is InChI=1S/C18H21ClN2O3S/c1-13(2)21(4)25(23,24)15-10-11-17(19)16(12-15)18(22)20(3)14-8-6-5-7-9-14/h5-13H,1-4H3. The molecule has 5 nitrogen and oxygen atoms in total. The second-order valence-electron chi connectivity index (χ2n) is 5.96. The molecule has 0 aliphatic carbocycles. The molecule has 1 amide bonds. The number of rotatable bonds is 5. The average molecular weight is 381 g/mol. The van der Waals surface area contributed by atoms with E-state index in [1.165, 1.54) is 34.5 Å². The zero-order valence-electron chi connectivity index (χ0n) is 14.6. The van der Waals surface area contributed by atoms with Crippen LogP contribution in [0.2, 0.25) is 5.02 Å². The number of halogens is 1. The lowest BCUT2D eigenvalue weighted by Gasteiger charge is -2.22. The number of carbonyl (C=O) groups excluding carboxylic acids is 1. The molecular weight excluding hydrogens is 360 g/mol. The summed E-state index contributed by atoms with van der Waals surface area (Å²) in [5, 5.41) is 0.207. The van der Waals surface area contributed by atoms with Gasteiger partial charge in [0.25, 0.3) is 5.91 Å². The molecule has 0 radical (unpaired) electrons. The van der Waals surface area contributed by atoms with Gasteiger partial charge >= 0.3 is 0 Å². The summed E-state index contributed by atoms with van der Waals surface area (Å²) in [7, 11) is -0.571. The van der Waals surface area contributed by atoms with Gasteiger partial charge in [0.15, 0.2) is 0 Å². The van der Waals surface area contributed by atoms with Crippen LogP contribution in [0.4, 0.5) is 5.69 Å². The number of sulfonamides is 1. The molecule has 2 aromatic carbocycles. The monoisotopic (exact) mass is 380 g/mol. The molecule has 0 saturated heterocycles. The first-order valence-electron chi connectivity index (χ1n) is 7.77. The summed E-state index contributed by atoms with van der Waals surface area (Å²) in [5.74, 6) is -0.375.